The molecule has 4 aliphatic carbocycles. The number of methoxy groups -OCH3 is 1. The molecule has 4 aliphatic rings. The maximum Gasteiger partial charge on any atom is 0.302 e. The largest absolute Gasteiger partial charge is 0.460 e. The number of hydrogen-bond donors (Lipinski definition) is 0. The fourth-order valence-corrected chi connectivity index (χ4v) is 7.50. The van der Waals surface area contributed by atoms with Crippen molar-refractivity contribution >= 4 is 17.5 Å². The van der Waals surface area contributed by atoms with E-state index in [0.29, 0.717) is 30.6 Å². The van der Waals surface area contributed by atoms with Crippen molar-refractivity contribution in [3.63, 3.8) is 0 Å². The van der Waals surface area contributed by atoms with Crippen molar-refractivity contribution in [2.45, 2.75) is 65.9 Å². The molecule has 0 radical (unpaired) electrons. The standard InChI is InChI=1S/C25H34O5/c1-14-10-17(27)11-16-6-7-18-20(25(14,16)4)8-9-24(3)22(28)12-19(23(18)24)21(13-29-5)30-15(2)26/h10-11,18-21,23H,6-9,12-13H2,1-5H3/t18-,19-,20+,21?,23-,24-,25+/m1/s1. The molecule has 0 aromatic rings. The number of allylic oxidation sites excluding steroid dienone is 4. The Morgan fingerprint density at radius 2 is 1.97 bits per heavy atom. The van der Waals surface area contributed by atoms with E-state index in [0.717, 1.165) is 31.3 Å². The van der Waals surface area contributed by atoms with Gasteiger partial charge in [0, 0.05) is 37.2 Å². The van der Waals surface area contributed by atoms with Crippen LogP contribution in [0, 0.1) is 34.5 Å². The summed E-state index contributed by atoms with van der Waals surface area (Å²) in [5.74, 6) is 1.01. The number of rotatable bonds is 4. The molecule has 164 valence electrons. The van der Waals surface area contributed by atoms with Gasteiger partial charge in [0.25, 0.3) is 0 Å². The van der Waals surface area contributed by atoms with Crippen molar-refractivity contribution in [2.75, 3.05) is 13.7 Å². The van der Waals surface area contributed by atoms with E-state index < -0.39 is 6.10 Å². The molecule has 0 saturated heterocycles. The summed E-state index contributed by atoms with van der Waals surface area (Å²) in [6.45, 7) is 8.26. The number of Topliss-reactive ketones (excluding diaryl/α,β-unsaturated/α-hetero) is 1. The van der Waals surface area contributed by atoms with Crippen LogP contribution in [0.2, 0.25) is 0 Å². The zero-order valence-corrected chi connectivity index (χ0v) is 18.8. The van der Waals surface area contributed by atoms with Crippen LogP contribution in [-0.4, -0.2) is 37.4 Å². The van der Waals surface area contributed by atoms with Crippen LogP contribution in [0.1, 0.15) is 59.8 Å². The predicted molar refractivity (Wildman–Crippen MR) is 113 cm³/mol. The molecule has 0 aliphatic heterocycles. The van der Waals surface area contributed by atoms with E-state index in [2.05, 4.69) is 20.8 Å². The summed E-state index contributed by atoms with van der Waals surface area (Å²) in [5, 5.41) is 0. The second-order valence-corrected chi connectivity index (χ2v) is 10.3. The number of carbonyl (C=O) groups is 3. The van der Waals surface area contributed by atoms with E-state index in [1.165, 1.54) is 12.5 Å². The zero-order chi connectivity index (χ0) is 21.8. The molecule has 3 fully saturated rings. The fraction of sp³-hybridized carbons (Fsp3) is 0.720. The minimum Gasteiger partial charge on any atom is -0.460 e. The maximum atomic E-state index is 13.2. The van der Waals surface area contributed by atoms with Crippen molar-refractivity contribution in [1.29, 1.82) is 0 Å². The number of carbonyl (C=O) groups excluding carboxylic acids is 3. The molecular weight excluding hydrogens is 380 g/mol. The Kier molecular flexibility index (Phi) is 5.32. The van der Waals surface area contributed by atoms with Crippen LogP contribution in [0.15, 0.2) is 23.3 Å². The average molecular weight is 415 g/mol. The second-order valence-electron chi connectivity index (χ2n) is 10.3. The van der Waals surface area contributed by atoms with Gasteiger partial charge in [0.1, 0.15) is 11.9 Å². The minimum atomic E-state index is -0.392. The van der Waals surface area contributed by atoms with Crippen LogP contribution in [-0.2, 0) is 23.9 Å². The summed E-state index contributed by atoms with van der Waals surface area (Å²) in [6, 6.07) is 0. The van der Waals surface area contributed by atoms with Gasteiger partial charge in [0.2, 0.25) is 0 Å². The van der Waals surface area contributed by atoms with Gasteiger partial charge in [-0.2, -0.15) is 0 Å². The topological polar surface area (TPSA) is 69.7 Å². The zero-order valence-electron chi connectivity index (χ0n) is 18.8. The monoisotopic (exact) mass is 414 g/mol. The number of esters is 1. The van der Waals surface area contributed by atoms with Crippen molar-refractivity contribution < 1.29 is 23.9 Å². The molecule has 1 unspecified atom stereocenters. The first-order valence-corrected chi connectivity index (χ1v) is 11.3. The first-order valence-electron chi connectivity index (χ1n) is 11.3. The molecule has 4 rings (SSSR count). The lowest BCUT2D eigenvalue weighted by Gasteiger charge is -2.58. The van der Waals surface area contributed by atoms with Crippen LogP contribution in [0.4, 0.5) is 0 Å². The molecule has 0 bridgehead atoms. The third kappa shape index (κ3) is 3.04. The molecule has 0 spiro atoms. The van der Waals surface area contributed by atoms with Gasteiger partial charge in [-0.25, -0.2) is 0 Å². The molecule has 30 heavy (non-hydrogen) atoms. The number of hydrogen-bond acceptors (Lipinski definition) is 5. The summed E-state index contributed by atoms with van der Waals surface area (Å²) in [4.78, 5) is 37.2. The van der Waals surface area contributed by atoms with Crippen molar-refractivity contribution in [3.8, 4) is 0 Å². The quantitative estimate of drug-likeness (QED) is 0.649. The van der Waals surface area contributed by atoms with E-state index in [-0.39, 0.29) is 34.4 Å². The van der Waals surface area contributed by atoms with Gasteiger partial charge in [0.05, 0.1) is 6.61 Å². The van der Waals surface area contributed by atoms with Crippen LogP contribution >= 0.6 is 0 Å². The van der Waals surface area contributed by atoms with Crippen molar-refractivity contribution in [3.05, 3.63) is 23.3 Å². The minimum absolute atomic E-state index is 0.0113. The van der Waals surface area contributed by atoms with Gasteiger partial charge >= 0.3 is 5.97 Å². The third-order valence-corrected chi connectivity index (χ3v) is 8.98. The highest BCUT2D eigenvalue weighted by atomic mass is 16.6. The third-order valence-electron chi connectivity index (χ3n) is 8.98. The summed E-state index contributed by atoms with van der Waals surface area (Å²) < 4.78 is 11.1. The molecule has 0 amide bonds. The summed E-state index contributed by atoms with van der Waals surface area (Å²) in [6.07, 6.45) is 7.43. The normalized spacial score (nSPS) is 41.2. The van der Waals surface area contributed by atoms with E-state index in [4.69, 9.17) is 9.47 Å². The Bertz CT molecular complexity index is 838. The van der Waals surface area contributed by atoms with Crippen LogP contribution < -0.4 is 0 Å². The van der Waals surface area contributed by atoms with Gasteiger partial charge in [-0.05, 0) is 62.5 Å². The van der Waals surface area contributed by atoms with Crippen molar-refractivity contribution in [1.82, 2.24) is 0 Å². The number of fused-ring (bicyclic) bond motifs is 5. The van der Waals surface area contributed by atoms with Gasteiger partial charge in [-0.3, -0.25) is 14.4 Å². The lowest BCUT2D eigenvalue weighted by atomic mass is 9.46. The summed E-state index contributed by atoms with van der Waals surface area (Å²) in [5.41, 5.74) is 1.92. The van der Waals surface area contributed by atoms with Crippen molar-refractivity contribution in [2.24, 2.45) is 34.5 Å². The molecule has 5 heteroatoms. The molecule has 3 saturated carbocycles. The smallest absolute Gasteiger partial charge is 0.302 e. The Labute approximate surface area is 179 Å². The highest BCUT2D eigenvalue weighted by molar-refractivity contribution is 6.02. The van der Waals surface area contributed by atoms with Gasteiger partial charge in [-0.15, -0.1) is 0 Å². The Balaban J connectivity index is 1.73. The predicted octanol–water partition coefficient (Wildman–Crippen LogP) is 4.06. The lowest BCUT2D eigenvalue weighted by molar-refractivity contribution is -0.157. The molecule has 0 N–H and O–H groups in total. The molecule has 7 atom stereocenters. The summed E-state index contributed by atoms with van der Waals surface area (Å²) >= 11 is 0. The van der Waals surface area contributed by atoms with E-state index >= 15 is 0 Å². The van der Waals surface area contributed by atoms with Gasteiger partial charge in [0.15, 0.2) is 5.78 Å². The molecule has 5 nitrogen and oxygen atoms in total. The SMILES string of the molecule is COCC(OC(C)=O)[C@H]1CC(=O)[C@@]2(C)CC[C@H]3[C@@H](CCC4=CC(=O)C=C(C)[C@@]43C)[C@H]12. The molecule has 0 aromatic carbocycles. The number of ketones is 2. The van der Waals surface area contributed by atoms with E-state index in [9.17, 15) is 14.4 Å². The average Bonchev–Trinajstić information content (AvgIpc) is 2.94. The Morgan fingerprint density at radius 1 is 1.23 bits per heavy atom. The highest BCUT2D eigenvalue weighted by Crippen LogP contribution is 2.66. The maximum absolute atomic E-state index is 13.2. The number of ether oxygens (including phenoxy) is 2. The molecule has 0 heterocycles. The Morgan fingerprint density at radius 3 is 2.63 bits per heavy atom. The summed E-state index contributed by atoms with van der Waals surface area (Å²) in [7, 11) is 1.61. The lowest BCUT2D eigenvalue weighted by Crippen LogP contribution is -2.53. The molecule has 0 aromatic heterocycles. The first-order chi connectivity index (χ1) is 14.1. The Hall–Kier alpha value is -1.75. The fourth-order valence-electron chi connectivity index (χ4n) is 7.50. The van der Waals surface area contributed by atoms with Crippen LogP contribution in [0.5, 0.6) is 0 Å². The first kappa shape index (κ1) is 21.5. The van der Waals surface area contributed by atoms with Crippen LogP contribution in [0.25, 0.3) is 0 Å². The molecular formula is C25H34O5. The van der Waals surface area contributed by atoms with E-state index in [1.54, 1.807) is 13.2 Å². The van der Waals surface area contributed by atoms with Gasteiger partial charge < -0.3 is 9.47 Å². The second kappa shape index (κ2) is 7.44. The van der Waals surface area contributed by atoms with Crippen LogP contribution in [0.3, 0.4) is 0 Å². The van der Waals surface area contributed by atoms with E-state index in [1.807, 2.05) is 6.08 Å². The highest BCUT2D eigenvalue weighted by Gasteiger charge is 2.63. The van der Waals surface area contributed by atoms with Gasteiger partial charge in [-0.1, -0.05) is 25.0 Å².